The lowest BCUT2D eigenvalue weighted by Crippen LogP contribution is -2.50. The summed E-state index contributed by atoms with van der Waals surface area (Å²) in [5, 5.41) is 3.22. The highest BCUT2D eigenvalue weighted by molar-refractivity contribution is 7.91. The molecule has 1 amide bonds. The Balaban J connectivity index is 1.87. The Labute approximate surface area is 126 Å². The molecule has 1 aromatic rings. The molecule has 1 aliphatic heterocycles. The monoisotopic (exact) mass is 310 g/mol. The molecule has 1 atom stereocenters. The van der Waals surface area contributed by atoms with E-state index >= 15 is 0 Å². The summed E-state index contributed by atoms with van der Waals surface area (Å²) in [7, 11) is -2.95. The molecule has 1 aromatic carbocycles. The van der Waals surface area contributed by atoms with Gasteiger partial charge in [0.15, 0.2) is 9.84 Å². The van der Waals surface area contributed by atoms with Crippen molar-refractivity contribution in [3.8, 4) is 0 Å². The van der Waals surface area contributed by atoms with Gasteiger partial charge < -0.3 is 10.2 Å². The Kier molecular flexibility index (Phi) is 5.00. The van der Waals surface area contributed by atoms with Gasteiger partial charge in [-0.25, -0.2) is 8.42 Å². The number of benzene rings is 1. The van der Waals surface area contributed by atoms with E-state index in [0.717, 1.165) is 0 Å². The number of sulfone groups is 1. The highest BCUT2D eigenvalue weighted by Crippen LogP contribution is 2.08. The van der Waals surface area contributed by atoms with Gasteiger partial charge in [0.05, 0.1) is 17.5 Å². The molecule has 0 radical (unpaired) electrons. The lowest BCUT2D eigenvalue weighted by atomic mass is 10.1. The van der Waals surface area contributed by atoms with E-state index in [0.29, 0.717) is 19.6 Å². The van der Waals surface area contributed by atoms with Crippen LogP contribution in [0.2, 0.25) is 0 Å². The molecule has 0 spiro atoms. The fraction of sp³-hybridized carbons (Fsp3) is 0.533. The lowest BCUT2D eigenvalue weighted by molar-refractivity contribution is -0.132. The van der Waals surface area contributed by atoms with Crippen LogP contribution in [-0.4, -0.2) is 49.9 Å². The Morgan fingerprint density at radius 2 is 1.90 bits per heavy atom. The van der Waals surface area contributed by atoms with Crippen molar-refractivity contribution >= 4 is 15.7 Å². The summed E-state index contributed by atoms with van der Waals surface area (Å²) in [4.78, 5) is 13.9. The molecule has 6 heteroatoms. The minimum atomic E-state index is -2.95. The maximum Gasteiger partial charge on any atom is 0.239 e. The second-order valence-electron chi connectivity index (χ2n) is 5.51. The predicted octanol–water partition coefficient (Wildman–Crippen LogP) is 0.730. The maximum absolute atomic E-state index is 12.3. The Morgan fingerprint density at radius 1 is 1.29 bits per heavy atom. The summed E-state index contributed by atoms with van der Waals surface area (Å²) in [5.74, 6) is 0.116. The summed E-state index contributed by atoms with van der Waals surface area (Å²) in [5.41, 5.74) is 2.35. The van der Waals surface area contributed by atoms with Crippen LogP contribution in [0.4, 0.5) is 0 Å². The van der Waals surface area contributed by atoms with Crippen molar-refractivity contribution in [2.75, 3.05) is 24.6 Å². The third-order valence-electron chi connectivity index (χ3n) is 3.89. The van der Waals surface area contributed by atoms with E-state index in [-0.39, 0.29) is 23.5 Å². The molecule has 0 bridgehead atoms. The number of nitrogens with zero attached hydrogens (tertiary/aromatic N) is 1. The molecule has 0 aliphatic carbocycles. The number of aryl methyl sites for hydroxylation is 1. The lowest BCUT2D eigenvalue weighted by Gasteiger charge is -2.29. The van der Waals surface area contributed by atoms with Gasteiger partial charge in [0.1, 0.15) is 0 Å². The van der Waals surface area contributed by atoms with Crippen molar-refractivity contribution in [1.82, 2.24) is 10.2 Å². The summed E-state index contributed by atoms with van der Waals surface area (Å²) in [6, 6.07) is 7.73. The normalized spacial score (nSPS) is 19.2. The fourth-order valence-electron chi connectivity index (χ4n) is 2.37. The van der Waals surface area contributed by atoms with Crippen molar-refractivity contribution < 1.29 is 13.2 Å². The largest absolute Gasteiger partial charge is 0.339 e. The fourth-order valence-corrected chi connectivity index (χ4v) is 3.57. The molecule has 21 heavy (non-hydrogen) atoms. The average Bonchev–Trinajstić information content (AvgIpc) is 2.45. The number of carbonyl (C=O) groups excluding carboxylic acids is 1. The van der Waals surface area contributed by atoms with E-state index in [9.17, 15) is 13.2 Å². The standard InChI is InChI=1S/C15H22N2O3S/c1-12-5-3-4-6-14(12)11-16-13(2)15(18)17-7-9-21(19,20)10-8-17/h3-6,13,16H,7-11H2,1-2H3. The molecule has 2 rings (SSSR count). The number of carbonyl (C=O) groups is 1. The summed E-state index contributed by atoms with van der Waals surface area (Å²) in [6.07, 6.45) is 0. The predicted molar refractivity (Wildman–Crippen MR) is 82.7 cm³/mol. The molecule has 1 saturated heterocycles. The highest BCUT2D eigenvalue weighted by Gasteiger charge is 2.27. The van der Waals surface area contributed by atoms with Crippen molar-refractivity contribution in [3.63, 3.8) is 0 Å². The zero-order valence-electron chi connectivity index (χ0n) is 12.5. The first-order chi connectivity index (χ1) is 9.89. The molecule has 0 saturated carbocycles. The van der Waals surface area contributed by atoms with Gasteiger partial charge in [-0.15, -0.1) is 0 Å². The van der Waals surface area contributed by atoms with Crippen LogP contribution in [0.1, 0.15) is 18.1 Å². The minimum Gasteiger partial charge on any atom is -0.339 e. The van der Waals surface area contributed by atoms with Crippen molar-refractivity contribution in [2.45, 2.75) is 26.4 Å². The van der Waals surface area contributed by atoms with Gasteiger partial charge >= 0.3 is 0 Å². The van der Waals surface area contributed by atoms with Crippen LogP contribution in [0.3, 0.4) is 0 Å². The van der Waals surface area contributed by atoms with Crippen LogP contribution >= 0.6 is 0 Å². The Morgan fingerprint density at radius 3 is 2.52 bits per heavy atom. The van der Waals surface area contributed by atoms with Gasteiger partial charge in [0.2, 0.25) is 5.91 Å². The quantitative estimate of drug-likeness (QED) is 0.890. The molecule has 1 aliphatic rings. The van der Waals surface area contributed by atoms with Crippen LogP contribution < -0.4 is 5.32 Å². The maximum atomic E-state index is 12.3. The smallest absolute Gasteiger partial charge is 0.239 e. The Hall–Kier alpha value is -1.40. The molecule has 1 heterocycles. The summed E-state index contributed by atoms with van der Waals surface area (Å²) in [6.45, 7) is 5.10. The zero-order valence-corrected chi connectivity index (χ0v) is 13.3. The Bertz CT molecular complexity index is 599. The van der Waals surface area contributed by atoms with Crippen LogP contribution in [0.15, 0.2) is 24.3 Å². The molecule has 5 nitrogen and oxygen atoms in total. The third kappa shape index (κ3) is 4.28. The molecule has 0 aromatic heterocycles. The van der Waals surface area contributed by atoms with Crippen molar-refractivity contribution in [1.29, 1.82) is 0 Å². The van der Waals surface area contributed by atoms with Gasteiger partial charge in [-0.05, 0) is 25.0 Å². The van der Waals surface area contributed by atoms with Gasteiger partial charge in [-0.3, -0.25) is 4.79 Å². The van der Waals surface area contributed by atoms with Gasteiger partial charge in [0, 0.05) is 19.6 Å². The van der Waals surface area contributed by atoms with E-state index < -0.39 is 9.84 Å². The minimum absolute atomic E-state index is 0.0292. The second kappa shape index (κ2) is 6.58. The van der Waals surface area contributed by atoms with Gasteiger partial charge in [-0.1, -0.05) is 24.3 Å². The molecular weight excluding hydrogens is 288 g/mol. The zero-order chi connectivity index (χ0) is 15.5. The summed E-state index contributed by atoms with van der Waals surface area (Å²) < 4.78 is 22.8. The third-order valence-corrected chi connectivity index (χ3v) is 5.50. The van der Waals surface area contributed by atoms with Crippen LogP contribution in [0.5, 0.6) is 0 Å². The molecule has 1 N–H and O–H groups in total. The SMILES string of the molecule is Cc1ccccc1CNC(C)C(=O)N1CCS(=O)(=O)CC1. The molecule has 116 valence electrons. The number of amides is 1. The van der Waals surface area contributed by atoms with E-state index in [1.165, 1.54) is 11.1 Å². The summed E-state index contributed by atoms with van der Waals surface area (Å²) >= 11 is 0. The van der Waals surface area contributed by atoms with E-state index in [2.05, 4.69) is 5.32 Å². The first-order valence-corrected chi connectivity index (χ1v) is 8.98. The number of hydrogen-bond donors (Lipinski definition) is 1. The van der Waals surface area contributed by atoms with Gasteiger partial charge in [0.25, 0.3) is 0 Å². The molecular formula is C15H22N2O3S. The van der Waals surface area contributed by atoms with E-state index in [1.807, 2.05) is 38.1 Å². The molecule has 1 fully saturated rings. The molecule has 1 unspecified atom stereocenters. The highest BCUT2D eigenvalue weighted by atomic mass is 32.2. The van der Waals surface area contributed by atoms with E-state index in [4.69, 9.17) is 0 Å². The first-order valence-electron chi connectivity index (χ1n) is 7.16. The van der Waals surface area contributed by atoms with E-state index in [1.54, 1.807) is 4.90 Å². The van der Waals surface area contributed by atoms with Crippen LogP contribution in [0, 0.1) is 6.92 Å². The second-order valence-corrected chi connectivity index (χ2v) is 7.81. The van der Waals surface area contributed by atoms with Crippen LogP contribution in [0.25, 0.3) is 0 Å². The number of nitrogens with one attached hydrogen (secondary N) is 1. The van der Waals surface area contributed by atoms with Gasteiger partial charge in [-0.2, -0.15) is 0 Å². The topological polar surface area (TPSA) is 66.5 Å². The van der Waals surface area contributed by atoms with Crippen molar-refractivity contribution in [2.24, 2.45) is 0 Å². The number of hydrogen-bond acceptors (Lipinski definition) is 4. The number of rotatable bonds is 4. The van der Waals surface area contributed by atoms with Crippen LogP contribution in [-0.2, 0) is 21.2 Å². The first kappa shape index (κ1) is 16.0. The van der Waals surface area contributed by atoms with Crippen molar-refractivity contribution in [3.05, 3.63) is 35.4 Å². The average molecular weight is 310 g/mol.